The highest BCUT2D eigenvalue weighted by Crippen LogP contribution is 2.18. The van der Waals surface area contributed by atoms with E-state index in [1.54, 1.807) is 0 Å². The Labute approximate surface area is 112 Å². The minimum absolute atomic E-state index is 0.332. The third-order valence-electron chi connectivity index (χ3n) is 4.56. The zero-order valence-electron chi connectivity index (χ0n) is 12.4. The van der Waals surface area contributed by atoms with Gasteiger partial charge in [0.25, 0.3) is 0 Å². The summed E-state index contributed by atoms with van der Waals surface area (Å²) in [5.74, 6) is 0. The van der Waals surface area contributed by atoms with Gasteiger partial charge in [0.05, 0.1) is 0 Å². The molecule has 18 heavy (non-hydrogen) atoms. The van der Waals surface area contributed by atoms with E-state index < -0.39 is 0 Å². The van der Waals surface area contributed by atoms with E-state index in [1.165, 1.54) is 58.8 Å². The molecule has 0 bridgehead atoms. The second kappa shape index (κ2) is 6.33. The first kappa shape index (κ1) is 14.3. The Morgan fingerprint density at radius 1 is 0.944 bits per heavy atom. The van der Waals surface area contributed by atoms with Crippen LogP contribution in [-0.4, -0.2) is 86.2 Å². The van der Waals surface area contributed by atoms with Gasteiger partial charge in [-0.25, -0.2) is 0 Å². The number of rotatable bonds is 3. The molecular weight excluding hydrogens is 224 g/mol. The summed E-state index contributed by atoms with van der Waals surface area (Å²) in [6.45, 7) is 15.7. The number of piperazine rings is 1. The SMILES string of the molecule is CN1CCN(CCN2CCCNCC2)CC1(C)C. The second-order valence-electron chi connectivity index (χ2n) is 6.46. The molecule has 2 fully saturated rings. The molecule has 1 N–H and O–H groups in total. The van der Waals surface area contributed by atoms with Crippen LogP contribution in [0.5, 0.6) is 0 Å². The third-order valence-corrected chi connectivity index (χ3v) is 4.56. The van der Waals surface area contributed by atoms with Crippen LogP contribution >= 0.6 is 0 Å². The fraction of sp³-hybridized carbons (Fsp3) is 1.00. The van der Waals surface area contributed by atoms with Crippen molar-refractivity contribution in [1.29, 1.82) is 0 Å². The smallest absolute Gasteiger partial charge is 0.0277 e. The van der Waals surface area contributed by atoms with Gasteiger partial charge in [-0.2, -0.15) is 0 Å². The summed E-state index contributed by atoms with van der Waals surface area (Å²) >= 11 is 0. The summed E-state index contributed by atoms with van der Waals surface area (Å²) in [5, 5.41) is 3.47. The van der Waals surface area contributed by atoms with Crippen LogP contribution in [0.3, 0.4) is 0 Å². The Hall–Kier alpha value is -0.160. The van der Waals surface area contributed by atoms with Gasteiger partial charge in [-0.1, -0.05) is 0 Å². The molecule has 2 rings (SSSR count). The maximum Gasteiger partial charge on any atom is 0.0277 e. The number of hydrogen-bond acceptors (Lipinski definition) is 4. The number of nitrogens with one attached hydrogen (secondary N) is 1. The summed E-state index contributed by atoms with van der Waals surface area (Å²) in [6, 6.07) is 0. The molecule has 0 aromatic heterocycles. The van der Waals surface area contributed by atoms with Crippen molar-refractivity contribution in [2.24, 2.45) is 0 Å². The molecule has 0 radical (unpaired) electrons. The Morgan fingerprint density at radius 3 is 2.50 bits per heavy atom. The predicted octanol–water partition coefficient (Wildman–Crippen LogP) is 0.308. The molecule has 0 aliphatic carbocycles. The molecule has 2 heterocycles. The van der Waals surface area contributed by atoms with Crippen molar-refractivity contribution in [3.05, 3.63) is 0 Å². The first-order chi connectivity index (χ1) is 8.58. The summed E-state index contributed by atoms with van der Waals surface area (Å²) in [5.41, 5.74) is 0.332. The van der Waals surface area contributed by atoms with Gasteiger partial charge in [0.15, 0.2) is 0 Å². The van der Waals surface area contributed by atoms with E-state index in [0.29, 0.717) is 5.54 Å². The monoisotopic (exact) mass is 254 g/mol. The summed E-state index contributed by atoms with van der Waals surface area (Å²) < 4.78 is 0. The summed E-state index contributed by atoms with van der Waals surface area (Å²) in [6.07, 6.45) is 1.30. The van der Waals surface area contributed by atoms with Crippen LogP contribution in [0.2, 0.25) is 0 Å². The molecule has 2 aliphatic rings. The van der Waals surface area contributed by atoms with Crippen LogP contribution in [0.15, 0.2) is 0 Å². The molecule has 2 saturated heterocycles. The van der Waals surface area contributed by atoms with Crippen LogP contribution in [0.25, 0.3) is 0 Å². The van der Waals surface area contributed by atoms with Gasteiger partial charge in [0.1, 0.15) is 0 Å². The molecule has 0 amide bonds. The van der Waals surface area contributed by atoms with E-state index in [4.69, 9.17) is 0 Å². The molecule has 0 aromatic rings. The van der Waals surface area contributed by atoms with Crippen LogP contribution in [0.1, 0.15) is 20.3 Å². The van der Waals surface area contributed by atoms with Gasteiger partial charge >= 0.3 is 0 Å². The van der Waals surface area contributed by atoms with Crippen LogP contribution < -0.4 is 5.32 Å². The van der Waals surface area contributed by atoms with Crippen molar-refractivity contribution in [2.75, 3.05) is 66.0 Å². The largest absolute Gasteiger partial charge is 0.315 e. The molecule has 2 aliphatic heterocycles. The van der Waals surface area contributed by atoms with E-state index >= 15 is 0 Å². The average molecular weight is 254 g/mol. The van der Waals surface area contributed by atoms with Crippen molar-refractivity contribution in [3.8, 4) is 0 Å². The maximum absolute atomic E-state index is 3.47. The Morgan fingerprint density at radius 2 is 1.72 bits per heavy atom. The molecule has 4 nitrogen and oxygen atoms in total. The Balaban J connectivity index is 1.73. The highest BCUT2D eigenvalue weighted by Gasteiger charge is 2.30. The highest BCUT2D eigenvalue weighted by molar-refractivity contribution is 4.88. The minimum atomic E-state index is 0.332. The number of nitrogens with zero attached hydrogens (tertiary/aromatic N) is 3. The topological polar surface area (TPSA) is 21.8 Å². The standard InChI is InChI=1S/C14H30N4/c1-14(2)13-18(10-9-16(14)3)12-11-17-7-4-5-15-6-8-17/h15H,4-13H2,1-3H3. The quantitative estimate of drug-likeness (QED) is 0.782. The van der Waals surface area contributed by atoms with E-state index in [9.17, 15) is 0 Å². The lowest BCUT2D eigenvalue weighted by atomic mass is 10.00. The van der Waals surface area contributed by atoms with Gasteiger partial charge in [-0.3, -0.25) is 9.80 Å². The zero-order chi connectivity index (χ0) is 13.0. The van der Waals surface area contributed by atoms with Gasteiger partial charge in [0, 0.05) is 51.4 Å². The van der Waals surface area contributed by atoms with Gasteiger partial charge in [0.2, 0.25) is 0 Å². The van der Waals surface area contributed by atoms with E-state index in [1.807, 2.05) is 0 Å². The molecular formula is C14H30N4. The molecule has 0 atom stereocenters. The van der Waals surface area contributed by atoms with Crippen molar-refractivity contribution in [1.82, 2.24) is 20.0 Å². The van der Waals surface area contributed by atoms with Gasteiger partial charge in [-0.15, -0.1) is 0 Å². The lowest BCUT2D eigenvalue weighted by Gasteiger charge is -2.45. The summed E-state index contributed by atoms with van der Waals surface area (Å²) in [4.78, 5) is 7.74. The van der Waals surface area contributed by atoms with Crippen molar-refractivity contribution in [3.63, 3.8) is 0 Å². The highest BCUT2D eigenvalue weighted by atomic mass is 15.3. The van der Waals surface area contributed by atoms with E-state index in [2.05, 4.69) is 40.9 Å². The Bertz CT molecular complexity index is 246. The van der Waals surface area contributed by atoms with E-state index in [0.717, 1.165) is 6.54 Å². The second-order valence-corrected chi connectivity index (χ2v) is 6.46. The van der Waals surface area contributed by atoms with Crippen molar-refractivity contribution >= 4 is 0 Å². The number of likely N-dealkylation sites (N-methyl/N-ethyl adjacent to an activating group) is 1. The van der Waals surface area contributed by atoms with Crippen LogP contribution in [0.4, 0.5) is 0 Å². The van der Waals surface area contributed by atoms with Gasteiger partial charge < -0.3 is 10.2 Å². The van der Waals surface area contributed by atoms with Crippen molar-refractivity contribution < 1.29 is 0 Å². The molecule has 106 valence electrons. The molecule has 0 spiro atoms. The fourth-order valence-corrected chi connectivity index (χ4v) is 2.94. The molecule has 0 aromatic carbocycles. The normalized spacial score (nSPS) is 28.2. The maximum atomic E-state index is 3.47. The molecule has 0 saturated carbocycles. The van der Waals surface area contributed by atoms with Gasteiger partial charge in [-0.05, 0) is 40.4 Å². The van der Waals surface area contributed by atoms with Crippen molar-refractivity contribution in [2.45, 2.75) is 25.8 Å². The minimum Gasteiger partial charge on any atom is -0.315 e. The number of hydrogen-bond donors (Lipinski definition) is 1. The van der Waals surface area contributed by atoms with Crippen LogP contribution in [-0.2, 0) is 0 Å². The Kier molecular flexibility index (Phi) is 5.01. The predicted molar refractivity (Wildman–Crippen MR) is 77.1 cm³/mol. The third kappa shape index (κ3) is 3.92. The lowest BCUT2D eigenvalue weighted by Crippen LogP contribution is -2.58. The average Bonchev–Trinajstić information content (AvgIpc) is 2.59. The van der Waals surface area contributed by atoms with E-state index in [-0.39, 0.29) is 0 Å². The van der Waals surface area contributed by atoms with Crippen LogP contribution in [0, 0.1) is 0 Å². The first-order valence-corrected chi connectivity index (χ1v) is 7.45. The summed E-state index contributed by atoms with van der Waals surface area (Å²) in [7, 11) is 2.25. The molecule has 0 unspecified atom stereocenters. The lowest BCUT2D eigenvalue weighted by molar-refractivity contribution is 0.0353. The molecule has 4 heteroatoms. The zero-order valence-corrected chi connectivity index (χ0v) is 12.4. The fourth-order valence-electron chi connectivity index (χ4n) is 2.94. The first-order valence-electron chi connectivity index (χ1n) is 7.45.